The molecule has 3 atom stereocenters. The van der Waals surface area contributed by atoms with E-state index in [1.807, 2.05) is 0 Å². The van der Waals surface area contributed by atoms with Crippen LogP contribution in [0.1, 0.15) is 45.4 Å². The van der Waals surface area contributed by atoms with Crippen molar-refractivity contribution in [3.63, 3.8) is 0 Å². The van der Waals surface area contributed by atoms with Gasteiger partial charge in [0.1, 0.15) is 0 Å². The minimum absolute atomic E-state index is 0. The molecule has 2 fully saturated rings. The molecule has 1 amide bonds. The molecular weight excluding hydrogens is 264 g/mol. The van der Waals surface area contributed by atoms with Gasteiger partial charge in [0.25, 0.3) is 0 Å². The van der Waals surface area contributed by atoms with Gasteiger partial charge in [-0.15, -0.1) is 12.4 Å². The van der Waals surface area contributed by atoms with Crippen LogP contribution in [0.4, 0.5) is 0 Å². The Hall–Kier alpha value is -0.320. The van der Waals surface area contributed by atoms with E-state index in [0.717, 1.165) is 51.6 Å². The Morgan fingerprint density at radius 2 is 2.16 bits per heavy atom. The summed E-state index contributed by atoms with van der Waals surface area (Å²) in [6.07, 6.45) is 5.95. The molecule has 2 aliphatic rings. The van der Waals surface area contributed by atoms with Crippen LogP contribution >= 0.6 is 12.4 Å². The van der Waals surface area contributed by atoms with Crippen molar-refractivity contribution in [1.82, 2.24) is 10.6 Å². The fourth-order valence-electron chi connectivity index (χ4n) is 3.10. The monoisotopic (exact) mass is 290 g/mol. The number of carbonyl (C=O) groups excluding carboxylic acids is 1. The average molecular weight is 291 g/mol. The molecule has 1 saturated carbocycles. The van der Waals surface area contributed by atoms with Crippen LogP contribution in [0, 0.1) is 11.3 Å². The highest BCUT2D eigenvalue weighted by atomic mass is 35.5. The first-order chi connectivity index (χ1) is 8.62. The molecule has 2 rings (SSSR count). The zero-order chi connectivity index (χ0) is 13.0. The van der Waals surface area contributed by atoms with Crippen LogP contribution in [0.5, 0.6) is 0 Å². The van der Waals surface area contributed by atoms with Crippen molar-refractivity contribution < 1.29 is 9.90 Å². The molecule has 5 heteroatoms. The van der Waals surface area contributed by atoms with Crippen LogP contribution < -0.4 is 10.6 Å². The fourth-order valence-corrected chi connectivity index (χ4v) is 3.10. The number of nitrogens with one attached hydrogen (secondary N) is 2. The Labute approximate surface area is 122 Å². The van der Waals surface area contributed by atoms with Gasteiger partial charge < -0.3 is 15.7 Å². The van der Waals surface area contributed by atoms with Gasteiger partial charge in [0, 0.05) is 18.5 Å². The molecule has 1 saturated heterocycles. The largest absolute Gasteiger partial charge is 0.392 e. The molecule has 0 radical (unpaired) electrons. The predicted molar refractivity (Wildman–Crippen MR) is 78.4 cm³/mol. The van der Waals surface area contributed by atoms with E-state index in [2.05, 4.69) is 17.6 Å². The van der Waals surface area contributed by atoms with Crippen molar-refractivity contribution in [1.29, 1.82) is 0 Å². The van der Waals surface area contributed by atoms with Crippen LogP contribution in [-0.2, 0) is 4.79 Å². The van der Waals surface area contributed by atoms with E-state index in [9.17, 15) is 9.90 Å². The molecule has 0 aromatic carbocycles. The zero-order valence-electron chi connectivity index (χ0n) is 11.8. The van der Waals surface area contributed by atoms with Crippen molar-refractivity contribution >= 4 is 18.3 Å². The summed E-state index contributed by atoms with van der Waals surface area (Å²) in [5.74, 6) is 0.268. The van der Waals surface area contributed by atoms with Crippen molar-refractivity contribution in [2.45, 2.75) is 51.6 Å². The molecule has 112 valence electrons. The van der Waals surface area contributed by atoms with Gasteiger partial charge in [0.2, 0.25) is 5.91 Å². The van der Waals surface area contributed by atoms with Gasteiger partial charge in [-0.05, 0) is 32.2 Å². The highest BCUT2D eigenvalue weighted by molar-refractivity contribution is 5.85. The van der Waals surface area contributed by atoms with E-state index < -0.39 is 0 Å². The number of piperidine rings is 1. The summed E-state index contributed by atoms with van der Waals surface area (Å²) in [5.41, 5.74) is -0.129. The molecule has 3 N–H and O–H groups in total. The Kier molecular flexibility index (Phi) is 6.57. The van der Waals surface area contributed by atoms with Crippen LogP contribution in [0.15, 0.2) is 0 Å². The smallest absolute Gasteiger partial charge is 0.224 e. The Bertz CT molecular complexity index is 295. The molecule has 0 aromatic rings. The Morgan fingerprint density at radius 1 is 1.37 bits per heavy atom. The normalized spacial score (nSPS) is 35.3. The summed E-state index contributed by atoms with van der Waals surface area (Å²) >= 11 is 0. The van der Waals surface area contributed by atoms with E-state index in [0.29, 0.717) is 6.54 Å². The molecule has 1 heterocycles. The highest BCUT2D eigenvalue weighted by Crippen LogP contribution is 2.35. The van der Waals surface area contributed by atoms with Gasteiger partial charge in [-0.1, -0.05) is 19.8 Å². The number of aliphatic hydroxyl groups excluding tert-OH is 1. The standard InChI is InChI=1S/C14H26N2O2.ClH/c1-14(7-3-2-6-12(14)17)10-16-13(18)11-5-4-8-15-9-11;/h11-12,15,17H,2-10H2,1H3,(H,16,18);1H. The molecule has 1 aliphatic carbocycles. The topological polar surface area (TPSA) is 61.4 Å². The summed E-state index contributed by atoms with van der Waals surface area (Å²) in [6.45, 7) is 4.53. The predicted octanol–water partition coefficient (Wildman–Crippen LogP) is 1.47. The number of carbonyl (C=O) groups is 1. The van der Waals surface area contributed by atoms with Gasteiger partial charge in [-0.3, -0.25) is 4.79 Å². The number of amides is 1. The van der Waals surface area contributed by atoms with Gasteiger partial charge in [0.05, 0.1) is 12.0 Å². The lowest BCUT2D eigenvalue weighted by atomic mass is 9.73. The number of halogens is 1. The number of rotatable bonds is 3. The van der Waals surface area contributed by atoms with Gasteiger partial charge >= 0.3 is 0 Å². The van der Waals surface area contributed by atoms with Crippen LogP contribution in [0.3, 0.4) is 0 Å². The second kappa shape index (κ2) is 7.46. The SMILES string of the molecule is CC1(CNC(=O)C2CCCNC2)CCCCC1O.Cl. The first-order valence-corrected chi connectivity index (χ1v) is 7.28. The summed E-state index contributed by atoms with van der Waals surface area (Å²) < 4.78 is 0. The van der Waals surface area contributed by atoms with Crippen molar-refractivity contribution in [2.24, 2.45) is 11.3 Å². The van der Waals surface area contributed by atoms with E-state index in [1.54, 1.807) is 0 Å². The second-order valence-corrected chi connectivity index (χ2v) is 6.18. The van der Waals surface area contributed by atoms with Gasteiger partial charge in [-0.2, -0.15) is 0 Å². The summed E-state index contributed by atoms with van der Waals surface area (Å²) in [6, 6.07) is 0. The summed E-state index contributed by atoms with van der Waals surface area (Å²) in [4.78, 5) is 12.1. The molecule has 1 aliphatic heterocycles. The van der Waals surface area contributed by atoms with Crippen LogP contribution in [-0.4, -0.2) is 36.8 Å². The molecule has 0 spiro atoms. The summed E-state index contributed by atoms with van der Waals surface area (Å²) in [7, 11) is 0. The van der Waals surface area contributed by atoms with E-state index in [-0.39, 0.29) is 35.8 Å². The fraction of sp³-hybridized carbons (Fsp3) is 0.929. The van der Waals surface area contributed by atoms with Crippen molar-refractivity contribution in [3.05, 3.63) is 0 Å². The maximum Gasteiger partial charge on any atom is 0.224 e. The average Bonchev–Trinajstić information content (AvgIpc) is 2.41. The third-order valence-corrected chi connectivity index (χ3v) is 4.61. The molecule has 4 nitrogen and oxygen atoms in total. The first-order valence-electron chi connectivity index (χ1n) is 7.28. The van der Waals surface area contributed by atoms with E-state index >= 15 is 0 Å². The lowest BCUT2D eigenvalue weighted by Crippen LogP contribution is -2.48. The maximum absolute atomic E-state index is 12.1. The van der Waals surface area contributed by atoms with Crippen molar-refractivity contribution in [2.75, 3.05) is 19.6 Å². The van der Waals surface area contributed by atoms with E-state index in [1.165, 1.54) is 0 Å². The minimum Gasteiger partial charge on any atom is -0.392 e. The molecule has 0 bridgehead atoms. The molecule has 0 aromatic heterocycles. The van der Waals surface area contributed by atoms with Crippen LogP contribution in [0.25, 0.3) is 0 Å². The minimum atomic E-state index is -0.268. The quantitative estimate of drug-likeness (QED) is 0.738. The lowest BCUT2D eigenvalue weighted by molar-refractivity contribution is -0.126. The van der Waals surface area contributed by atoms with E-state index in [4.69, 9.17) is 0 Å². The number of hydrogen-bond acceptors (Lipinski definition) is 3. The summed E-state index contributed by atoms with van der Waals surface area (Å²) in [5, 5.41) is 16.4. The van der Waals surface area contributed by atoms with Crippen molar-refractivity contribution in [3.8, 4) is 0 Å². The number of hydrogen-bond donors (Lipinski definition) is 3. The number of aliphatic hydroxyl groups is 1. The molecule has 3 unspecified atom stereocenters. The third kappa shape index (κ3) is 4.33. The second-order valence-electron chi connectivity index (χ2n) is 6.18. The first kappa shape index (κ1) is 16.7. The third-order valence-electron chi connectivity index (χ3n) is 4.61. The van der Waals surface area contributed by atoms with Gasteiger partial charge in [-0.25, -0.2) is 0 Å². The van der Waals surface area contributed by atoms with Gasteiger partial charge in [0.15, 0.2) is 0 Å². The molecule has 19 heavy (non-hydrogen) atoms. The highest BCUT2D eigenvalue weighted by Gasteiger charge is 2.36. The maximum atomic E-state index is 12.1. The zero-order valence-corrected chi connectivity index (χ0v) is 12.6. The molecular formula is C14H27ClN2O2. The Morgan fingerprint density at radius 3 is 2.79 bits per heavy atom. The Balaban J connectivity index is 0.00000180. The van der Waals surface area contributed by atoms with Crippen LogP contribution in [0.2, 0.25) is 0 Å². The lowest BCUT2D eigenvalue weighted by Gasteiger charge is -2.39.